The number of hydrogen-bond acceptors (Lipinski definition) is 6. The second-order valence-electron chi connectivity index (χ2n) is 10.6. The van der Waals surface area contributed by atoms with Crippen molar-refractivity contribution in [3.05, 3.63) is 0 Å². The van der Waals surface area contributed by atoms with Gasteiger partial charge in [-0.05, 0) is 70.0 Å². The minimum atomic E-state index is -0.811. The number of amides is 3. The van der Waals surface area contributed by atoms with Crippen LogP contribution in [-0.2, 0) is 14.3 Å². The lowest BCUT2D eigenvalue weighted by Gasteiger charge is -2.38. The van der Waals surface area contributed by atoms with Crippen LogP contribution >= 0.6 is 11.8 Å². The van der Waals surface area contributed by atoms with E-state index in [1.807, 2.05) is 20.8 Å². The van der Waals surface area contributed by atoms with Crippen LogP contribution in [-0.4, -0.2) is 70.4 Å². The van der Waals surface area contributed by atoms with Crippen LogP contribution in [0.3, 0.4) is 0 Å². The molecule has 200 valence electrons. The lowest BCUT2D eigenvalue weighted by molar-refractivity contribution is -0.140. The number of carbonyl (C=O) groups excluding carboxylic acids is 3. The largest absolute Gasteiger partial charge is 0.450 e. The topological polar surface area (TPSA) is 138 Å². The molecule has 2 aliphatic rings. The van der Waals surface area contributed by atoms with Gasteiger partial charge in [0.05, 0.1) is 12.4 Å². The molecule has 0 aromatic carbocycles. The molecule has 5 N–H and O–H groups in total. The molecule has 9 nitrogen and oxygen atoms in total. The molecule has 0 bridgehead atoms. The lowest BCUT2D eigenvalue weighted by atomic mass is 9.81. The van der Waals surface area contributed by atoms with E-state index in [-0.39, 0.29) is 35.4 Å². The molecule has 10 heteroatoms. The average Bonchev–Trinajstić information content (AvgIpc) is 3.28. The summed E-state index contributed by atoms with van der Waals surface area (Å²) < 4.78 is 4.62. The molecular formula is C25H45N5O4S. The van der Waals surface area contributed by atoms with Crippen molar-refractivity contribution in [2.24, 2.45) is 17.6 Å². The fraction of sp³-hybridized carbons (Fsp3) is 0.840. The van der Waals surface area contributed by atoms with Crippen LogP contribution in [0.4, 0.5) is 4.79 Å². The summed E-state index contributed by atoms with van der Waals surface area (Å²) in [6.07, 6.45) is 5.08. The van der Waals surface area contributed by atoms with E-state index in [9.17, 15) is 14.4 Å². The number of carbonyl (C=O) groups is 3. The van der Waals surface area contributed by atoms with E-state index in [0.29, 0.717) is 31.8 Å². The maximum Gasteiger partial charge on any atom is 0.407 e. The molecule has 2 rings (SSSR count). The highest BCUT2D eigenvalue weighted by Gasteiger charge is 2.44. The Balaban J connectivity index is 2.04. The molecule has 0 spiro atoms. The second-order valence-corrected chi connectivity index (χ2v) is 12.8. The third-order valence-electron chi connectivity index (χ3n) is 6.87. The zero-order valence-corrected chi connectivity index (χ0v) is 22.8. The fourth-order valence-corrected chi connectivity index (χ4v) is 6.58. The van der Waals surface area contributed by atoms with E-state index in [1.165, 1.54) is 0 Å². The first kappa shape index (κ1) is 29.3. The van der Waals surface area contributed by atoms with Crippen LogP contribution in [0.5, 0.6) is 0 Å². The van der Waals surface area contributed by atoms with Gasteiger partial charge in [0.25, 0.3) is 0 Å². The monoisotopic (exact) mass is 511 g/mol. The van der Waals surface area contributed by atoms with Gasteiger partial charge in [0.15, 0.2) is 0 Å². The molecule has 1 aliphatic heterocycles. The summed E-state index contributed by atoms with van der Waals surface area (Å²) in [7, 11) is 0. The smallest absolute Gasteiger partial charge is 0.407 e. The quantitative estimate of drug-likeness (QED) is 0.248. The number of thioether (sulfide) groups is 1. The normalized spacial score (nSPS) is 23.6. The zero-order chi connectivity index (χ0) is 26.2. The van der Waals surface area contributed by atoms with E-state index >= 15 is 0 Å². The van der Waals surface area contributed by atoms with Crippen molar-refractivity contribution in [2.45, 2.75) is 102 Å². The maximum atomic E-state index is 13.7. The van der Waals surface area contributed by atoms with Gasteiger partial charge in [-0.3, -0.25) is 15.0 Å². The SMILES string of the molecule is CCCOC(=O)N[C@@H](C(=O)N1CCC[C@H]1C(=O)NC[C@H]1CC[C@H](C(=N)N)CC1)C(C)(C)SC(C)C. The van der Waals surface area contributed by atoms with Crippen LogP contribution in [0, 0.1) is 17.2 Å². The minimum Gasteiger partial charge on any atom is -0.450 e. The maximum absolute atomic E-state index is 13.7. The highest BCUT2D eigenvalue weighted by atomic mass is 32.2. The Hall–Kier alpha value is -1.97. The van der Waals surface area contributed by atoms with Gasteiger partial charge in [0, 0.05) is 23.8 Å². The molecule has 0 aromatic heterocycles. The Labute approximate surface area is 214 Å². The summed E-state index contributed by atoms with van der Waals surface area (Å²) in [5.41, 5.74) is 5.64. The number of nitrogens with one attached hydrogen (secondary N) is 3. The van der Waals surface area contributed by atoms with Gasteiger partial charge in [-0.25, -0.2) is 4.79 Å². The zero-order valence-electron chi connectivity index (χ0n) is 22.0. The number of nitrogens with zero attached hydrogens (tertiary/aromatic N) is 1. The van der Waals surface area contributed by atoms with E-state index < -0.39 is 22.9 Å². The molecule has 0 aromatic rings. The number of ether oxygens (including phenoxy) is 1. The van der Waals surface area contributed by atoms with Crippen molar-refractivity contribution in [3.8, 4) is 0 Å². The first-order valence-electron chi connectivity index (χ1n) is 13.0. The molecule has 2 fully saturated rings. The number of likely N-dealkylation sites (tertiary alicyclic amines) is 1. The van der Waals surface area contributed by atoms with Gasteiger partial charge in [-0.2, -0.15) is 11.8 Å². The van der Waals surface area contributed by atoms with Gasteiger partial charge in [-0.15, -0.1) is 0 Å². The summed E-state index contributed by atoms with van der Waals surface area (Å²) >= 11 is 1.62. The summed E-state index contributed by atoms with van der Waals surface area (Å²) in [5, 5.41) is 13.7. The first-order valence-corrected chi connectivity index (χ1v) is 13.9. The third kappa shape index (κ3) is 8.58. The van der Waals surface area contributed by atoms with Gasteiger partial charge in [0.1, 0.15) is 12.1 Å². The van der Waals surface area contributed by atoms with Crippen molar-refractivity contribution in [1.82, 2.24) is 15.5 Å². The van der Waals surface area contributed by atoms with Crippen molar-refractivity contribution in [1.29, 1.82) is 5.41 Å². The second kappa shape index (κ2) is 13.4. The van der Waals surface area contributed by atoms with Crippen molar-refractivity contribution in [2.75, 3.05) is 19.7 Å². The predicted molar refractivity (Wildman–Crippen MR) is 140 cm³/mol. The Morgan fingerprint density at radius 3 is 2.40 bits per heavy atom. The molecule has 35 heavy (non-hydrogen) atoms. The lowest BCUT2D eigenvalue weighted by Crippen LogP contribution is -2.60. The summed E-state index contributed by atoms with van der Waals surface area (Å²) in [4.78, 5) is 40.9. The van der Waals surface area contributed by atoms with Crippen molar-refractivity contribution in [3.63, 3.8) is 0 Å². The predicted octanol–water partition coefficient (Wildman–Crippen LogP) is 3.26. The van der Waals surface area contributed by atoms with Gasteiger partial charge in [-0.1, -0.05) is 20.8 Å². The molecule has 1 aliphatic carbocycles. The summed E-state index contributed by atoms with van der Waals surface area (Å²) in [5.74, 6) is 0.407. The number of amidine groups is 1. The molecule has 3 amide bonds. The standard InChI is InChI=1S/C25H45N5O4S/c1-6-14-34-24(33)29-20(25(4,5)35-16(2)3)23(32)30-13-7-8-19(30)22(31)28-15-17-9-11-18(12-10-17)21(26)27/h16-20H,6-15H2,1-5H3,(H3,26,27)(H,28,31)(H,29,33)/t17-,18-,19-,20-/m0/s1. The van der Waals surface area contributed by atoms with Gasteiger partial charge in [0.2, 0.25) is 11.8 Å². The summed E-state index contributed by atoms with van der Waals surface area (Å²) in [6.45, 7) is 11.3. The average molecular weight is 512 g/mol. The molecule has 1 heterocycles. The number of rotatable bonds is 11. The molecule has 1 saturated heterocycles. The van der Waals surface area contributed by atoms with Gasteiger partial charge < -0.3 is 26.0 Å². The van der Waals surface area contributed by atoms with Gasteiger partial charge >= 0.3 is 6.09 Å². The molecule has 2 atom stereocenters. The Morgan fingerprint density at radius 1 is 1.17 bits per heavy atom. The third-order valence-corrected chi connectivity index (χ3v) is 8.19. The first-order chi connectivity index (χ1) is 16.5. The Morgan fingerprint density at radius 2 is 1.83 bits per heavy atom. The number of hydrogen-bond donors (Lipinski definition) is 4. The highest BCUT2D eigenvalue weighted by molar-refractivity contribution is 8.01. The molecular weight excluding hydrogens is 466 g/mol. The van der Waals surface area contributed by atoms with Crippen LogP contribution < -0.4 is 16.4 Å². The van der Waals surface area contributed by atoms with Crippen molar-refractivity contribution >= 4 is 35.5 Å². The minimum absolute atomic E-state index is 0.133. The number of nitrogens with two attached hydrogens (primary N) is 1. The highest BCUT2D eigenvalue weighted by Crippen LogP contribution is 2.34. The van der Waals surface area contributed by atoms with Crippen LogP contribution in [0.1, 0.15) is 79.6 Å². The Kier molecular flexibility index (Phi) is 11.2. The Bertz CT molecular complexity index is 752. The molecule has 1 saturated carbocycles. The van der Waals surface area contributed by atoms with Crippen molar-refractivity contribution < 1.29 is 19.1 Å². The van der Waals surface area contributed by atoms with E-state index in [2.05, 4.69) is 24.5 Å². The van der Waals surface area contributed by atoms with Crippen LogP contribution in [0.15, 0.2) is 0 Å². The fourth-order valence-electron chi connectivity index (χ4n) is 5.07. The van der Waals surface area contributed by atoms with E-state index in [1.54, 1.807) is 16.7 Å². The molecule has 0 radical (unpaired) electrons. The van der Waals surface area contributed by atoms with E-state index in [4.69, 9.17) is 15.9 Å². The molecule has 0 unspecified atom stereocenters. The van der Waals surface area contributed by atoms with Crippen LogP contribution in [0.25, 0.3) is 0 Å². The van der Waals surface area contributed by atoms with E-state index in [0.717, 1.165) is 32.1 Å². The van der Waals surface area contributed by atoms with Crippen LogP contribution in [0.2, 0.25) is 0 Å². The number of alkyl carbamates (subject to hydrolysis) is 1. The summed E-state index contributed by atoms with van der Waals surface area (Å²) in [6, 6.07) is -1.35.